The van der Waals surface area contributed by atoms with Crippen LogP contribution in [0.2, 0.25) is 0 Å². The SMILES string of the molecule is CN(C)Cc1cn(CC[C@@H]2CC[C@H](NS(=O)(=O)c3ccc(-c4ccccc4)cc3)[C@@H](CO)O2)nn1. The molecule has 188 valence electrons. The molecule has 0 radical (unpaired) electrons. The first-order valence-electron chi connectivity index (χ1n) is 11.8. The topological polar surface area (TPSA) is 110 Å². The Kier molecular flexibility index (Phi) is 8.30. The molecule has 35 heavy (non-hydrogen) atoms. The fourth-order valence-corrected chi connectivity index (χ4v) is 5.62. The molecule has 1 aromatic heterocycles. The molecule has 1 saturated heterocycles. The fourth-order valence-electron chi connectivity index (χ4n) is 4.32. The Morgan fingerprint density at radius 2 is 1.80 bits per heavy atom. The average Bonchev–Trinajstić information content (AvgIpc) is 3.30. The molecular weight excluding hydrogens is 466 g/mol. The van der Waals surface area contributed by atoms with Crippen molar-refractivity contribution >= 4 is 10.0 Å². The first kappa shape index (κ1) is 25.5. The van der Waals surface area contributed by atoms with Gasteiger partial charge in [-0.25, -0.2) is 13.1 Å². The minimum absolute atomic E-state index is 0.0837. The second kappa shape index (κ2) is 11.4. The highest BCUT2D eigenvalue weighted by Gasteiger charge is 2.34. The fraction of sp³-hybridized carbons (Fsp3) is 0.440. The third-order valence-electron chi connectivity index (χ3n) is 6.12. The van der Waals surface area contributed by atoms with E-state index in [0.29, 0.717) is 25.8 Å². The van der Waals surface area contributed by atoms with Gasteiger partial charge in [-0.3, -0.25) is 4.68 Å². The number of aromatic nitrogens is 3. The minimum atomic E-state index is -3.75. The van der Waals surface area contributed by atoms with E-state index in [0.717, 1.165) is 23.4 Å². The van der Waals surface area contributed by atoms with Gasteiger partial charge in [0.1, 0.15) is 0 Å². The van der Waals surface area contributed by atoms with Crippen molar-refractivity contribution in [1.82, 2.24) is 24.6 Å². The van der Waals surface area contributed by atoms with Gasteiger partial charge >= 0.3 is 0 Å². The molecule has 10 heteroatoms. The smallest absolute Gasteiger partial charge is 0.240 e. The number of sulfonamides is 1. The van der Waals surface area contributed by atoms with E-state index >= 15 is 0 Å². The zero-order valence-electron chi connectivity index (χ0n) is 20.1. The number of benzene rings is 2. The molecule has 9 nitrogen and oxygen atoms in total. The van der Waals surface area contributed by atoms with Crippen LogP contribution in [0.5, 0.6) is 0 Å². The Bertz CT molecular complexity index is 1180. The number of nitrogens with one attached hydrogen (secondary N) is 1. The van der Waals surface area contributed by atoms with Gasteiger partial charge in [0.2, 0.25) is 10.0 Å². The summed E-state index contributed by atoms with van der Waals surface area (Å²) in [7, 11) is 0.212. The van der Waals surface area contributed by atoms with E-state index in [1.165, 1.54) is 0 Å². The summed E-state index contributed by atoms with van der Waals surface area (Å²) < 4.78 is 36.6. The Morgan fingerprint density at radius 1 is 1.09 bits per heavy atom. The van der Waals surface area contributed by atoms with Crippen LogP contribution >= 0.6 is 0 Å². The maximum atomic E-state index is 13.0. The van der Waals surface area contributed by atoms with Gasteiger partial charge in [-0.05, 0) is 56.6 Å². The average molecular weight is 500 g/mol. The van der Waals surface area contributed by atoms with Crippen molar-refractivity contribution in [3.05, 3.63) is 66.5 Å². The lowest BCUT2D eigenvalue weighted by Crippen LogP contribution is -2.50. The molecule has 0 amide bonds. The summed E-state index contributed by atoms with van der Waals surface area (Å²) in [5.74, 6) is 0. The maximum Gasteiger partial charge on any atom is 0.240 e. The molecule has 2 N–H and O–H groups in total. The van der Waals surface area contributed by atoms with E-state index in [2.05, 4.69) is 15.0 Å². The van der Waals surface area contributed by atoms with Gasteiger partial charge in [0.15, 0.2) is 0 Å². The van der Waals surface area contributed by atoms with Crippen molar-refractivity contribution < 1.29 is 18.3 Å². The van der Waals surface area contributed by atoms with E-state index in [1.54, 1.807) is 28.9 Å². The van der Waals surface area contributed by atoms with Crippen LogP contribution in [0.1, 0.15) is 25.0 Å². The van der Waals surface area contributed by atoms with Gasteiger partial charge in [0.25, 0.3) is 0 Å². The van der Waals surface area contributed by atoms with Gasteiger partial charge < -0.3 is 14.7 Å². The highest BCUT2D eigenvalue weighted by Crippen LogP contribution is 2.25. The Hall–Kier alpha value is -2.63. The van der Waals surface area contributed by atoms with Crippen LogP contribution in [0.4, 0.5) is 0 Å². The van der Waals surface area contributed by atoms with Gasteiger partial charge in [-0.2, -0.15) is 0 Å². The van der Waals surface area contributed by atoms with Crippen LogP contribution in [0, 0.1) is 0 Å². The summed E-state index contributed by atoms with van der Waals surface area (Å²) in [5.41, 5.74) is 2.87. The number of aryl methyl sites for hydroxylation is 1. The molecule has 4 rings (SSSR count). The molecule has 0 saturated carbocycles. The second-order valence-electron chi connectivity index (χ2n) is 9.17. The highest BCUT2D eigenvalue weighted by molar-refractivity contribution is 7.89. The standard InChI is InChI=1S/C25H33N5O4S/c1-29(2)16-21-17-30(28-26-21)15-14-22-10-13-24(25(18-31)34-22)27-35(32,33)23-11-8-20(9-12-23)19-6-4-3-5-7-19/h3-9,11-12,17,22,24-25,27,31H,10,13-16,18H2,1-2H3/t22-,24-,25+/m0/s1. The Labute approximate surface area is 206 Å². The lowest BCUT2D eigenvalue weighted by molar-refractivity contribution is -0.0891. The molecule has 0 bridgehead atoms. The third-order valence-corrected chi connectivity index (χ3v) is 7.62. The molecule has 1 aliphatic heterocycles. The quantitative estimate of drug-likeness (QED) is 0.440. The minimum Gasteiger partial charge on any atom is -0.394 e. The van der Waals surface area contributed by atoms with Gasteiger partial charge in [-0.1, -0.05) is 47.7 Å². The number of hydrogen-bond donors (Lipinski definition) is 2. The first-order chi connectivity index (χ1) is 16.8. The molecule has 0 aliphatic carbocycles. The van der Waals surface area contributed by atoms with Crippen LogP contribution in [-0.4, -0.2) is 72.4 Å². The maximum absolute atomic E-state index is 13.0. The summed E-state index contributed by atoms with van der Waals surface area (Å²) in [4.78, 5) is 2.22. The predicted molar refractivity (Wildman–Crippen MR) is 133 cm³/mol. The van der Waals surface area contributed by atoms with Gasteiger partial charge in [0, 0.05) is 19.3 Å². The largest absolute Gasteiger partial charge is 0.394 e. The van der Waals surface area contributed by atoms with Crippen molar-refractivity contribution in [2.75, 3.05) is 20.7 Å². The van der Waals surface area contributed by atoms with Crippen molar-refractivity contribution in [3.63, 3.8) is 0 Å². The van der Waals surface area contributed by atoms with Crippen molar-refractivity contribution in [2.45, 2.75) is 55.5 Å². The van der Waals surface area contributed by atoms with E-state index in [1.807, 2.05) is 55.5 Å². The molecule has 1 fully saturated rings. The summed E-state index contributed by atoms with van der Waals surface area (Å²) in [6, 6.07) is 16.1. The van der Waals surface area contributed by atoms with Crippen molar-refractivity contribution in [2.24, 2.45) is 0 Å². The van der Waals surface area contributed by atoms with Gasteiger partial charge in [0.05, 0.1) is 35.4 Å². The molecule has 0 unspecified atom stereocenters. The normalized spacial score (nSPS) is 20.9. The van der Waals surface area contributed by atoms with Crippen LogP contribution in [0.25, 0.3) is 11.1 Å². The number of aliphatic hydroxyl groups excluding tert-OH is 1. The zero-order valence-corrected chi connectivity index (χ0v) is 20.9. The summed E-state index contributed by atoms with van der Waals surface area (Å²) >= 11 is 0. The summed E-state index contributed by atoms with van der Waals surface area (Å²) in [6.45, 7) is 1.11. The summed E-state index contributed by atoms with van der Waals surface area (Å²) in [6.07, 6.45) is 3.22. The number of nitrogens with zero attached hydrogens (tertiary/aromatic N) is 4. The van der Waals surface area contributed by atoms with E-state index < -0.39 is 22.2 Å². The van der Waals surface area contributed by atoms with Crippen LogP contribution in [0.3, 0.4) is 0 Å². The number of hydrogen-bond acceptors (Lipinski definition) is 7. The Morgan fingerprint density at radius 3 is 2.49 bits per heavy atom. The number of aliphatic hydroxyl groups is 1. The zero-order chi connectivity index (χ0) is 24.8. The molecule has 3 atom stereocenters. The van der Waals surface area contributed by atoms with E-state index in [4.69, 9.17) is 4.74 Å². The monoisotopic (exact) mass is 499 g/mol. The number of ether oxygens (including phenoxy) is 1. The van der Waals surface area contributed by atoms with E-state index in [9.17, 15) is 13.5 Å². The molecule has 2 heterocycles. The lowest BCUT2D eigenvalue weighted by atomic mass is 9.98. The molecular formula is C25H33N5O4S. The summed E-state index contributed by atoms with van der Waals surface area (Å²) in [5, 5.41) is 18.2. The van der Waals surface area contributed by atoms with Crippen LogP contribution < -0.4 is 4.72 Å². The molecule has 3 aromatic rings. The third kappa shape index (κ3) is 6.74. The second-order valence-corrected chi connectivity index (χ2v) is 10.9. The van der Waals surface area contributed by atoms with Gasteiger partial charge in [-0.15, -0.1) is 5.10 Å². The van der Waals surface area contributed by atoms with Crippen molar-refractivity contribution in [1.29, 1.82) is 0 Å². The highest BCUT2D eigenvalue weighted by atomic mass is 32.2. The lowest BCUT2D eigenvalue weighted by Gasteiger charge is -2.36. The molecule has 2 aromatic carbocycles. The Balaban J connectivity index is 1.33. The van der Waals surface area contributed by atoms with Crippen molar-refractivity contribution in [3.8, 4) is 11.1 Å². The number of rotatable bonds is 10. The van der Waals surface area contributed by atoms with Crippen LogP contribution in [0.15, 0.2) is 65.7 Å². The predicted octanol–water partition coefficient (Wildman–Crippen LogP) is 2.28. The van der Waals surface area contributed by atoms with Crippen LogP contribution in [-0.2, 0) is 27.8 Å². The van der Waals surface area contributed by atoms with E-state index in [-0.39, 0.29) is 17.6 Å². The first-order valence-corrected chi connectivity index (χ1v) is 13.3. The molecule has 1 aliphatic rings. The molecule has 0 spiro atoms.